The lowest BCUT2D eigenvalue weighted by atomic mass is 10.2. The number of nitrogens with zero attached hydrogens (tertiary/aromatic N) is 1. The largest absolute Gasteiger partial charge is 0.406 e. The fourth-order valence-electron chi connectivity index (χ4n) is 1.34. The topological polar surface area (TPSA) is 73.4 Å². The van der Waals surface area contributed by atoms with E-state index in [2.05, 4.69) is 4.98 Å². The number of halogens is 3. The van der Waals surface area contributed by atoms with Crippen LogP contribution in [-0.4, -0.2) is 46.8 Å². The summed E-state index contributed by atoms with van der Waals surface area (Å²) in [6.45, 7) is -2.63. The van der Waals surface area contributed by atoms with Crippen molar-refractivity contribution in [3.8, 4) is 0 Å². The average molecular weight is 264 g/mol. The Balaban J connectivity index is 2.97. The maximum atomic E-state index is 12.2. The van der Waals surface area contributed by atoms with Crippen LogP contribution in [0.25, 0.3) is 0 Å². The van der Waals surface area contributed by atoms with Crippen LogP contribution in [0.4, 0.5) is 13.2 Å². The third kappa shape index (κ3) is 3.88. The maximum Gasteiger partial charge on any atom is 0.406 e. The van der Waals surface area contributed by atoms with Crippen molar-refractivity contribution in [2.75, 3.05) is 19.7 Å². The second kappa shape index (κ2) is 5.67. The number of alkyl halides is 3. The van der Waals surface area contributed by atoms with E-state index in [1.165, 1.54) is 6.20 Å². The highest BCUT2D eigenvalue weighted by Crippen LogP contribution is 2.17. The first-order chi connectivity index (χ1) is 8.35. The highest BCUT2D eigenvalue weighted by molar-refractivity contribution is 5.93. The molecule has 0 aromatic carbocycles. The number of amides is 1. The van der Waals surface area contributed by atoms with Crippen LogP contribution in [0.5, 0.6) is 0 Å². The van der Waals surface area contributed by atoms with Crippen molar-refractivity contribution in [3.63, 3.8) is 0 Å². The number of nitrogens with one attached hydrogen (secondary N) is 1. The first kappa shape index (κ1) is 14.2. The molecule has 0 aliphatic carbocycles. The van der Waals surface area contributed by atoms with E-state index in [9.17, 15) is 22.8 Å². The minimum absolute atomic E-state index is 0.380. The molecule has 0 atom stereocenters. The third-order valence-electron chi connectivity index (χ3n) is 2.08. The maximum absolute atomic E-state index is 12.2. The van der Waals surface area contributed by atoms with Crippen LogP contribution in [0.15, 0.2) is 23.3 Å². The van der Waals surface area contributed by atoms with Gasteiger partial charge < -0.3 is 15.0 Å². The molecular formula is C10H11F3N2O3. The number of rotatable bonds is 4. The lowest BCUT2D eigenvalue weighted by Crippen LogP contribution is -2.42. The SMILES string of the molecule is O=C(c1c[nH]ccc1=O)N(CCO)CC(F)(F)F. The number of aromatic nitrogens is 1. The molecule has 8 heteroatoms. The molecular weight excluding hydrogens is 253 g/mol. The summed E-state index contributed by atoms with van der Waals surface area (Å²) >= 11 is 0. The fraction of sp³-hybridized carbons (Fsp3) is 0.400. The van der Waals surface area contributed by atoms with Gasteiger partial charge in [0.15, 0.2) is 5.43 Å². The molecule has 1 aromatic heterocycles. The van der Waals surface area contributed by atoms with Gasteiger partial charge in [0.1, 0.15) is 12.1 Å². The Bertz CT molecular complexity index is 470. The number of carbonyl (C=O) groups is 1. The summed E-state index contributed by atoms with van der Waals surface area (Å²) in [6, 6.07) is 1.04. The average Bonchev–Trinajstić information content (AvgIpc) is 2.26. The number of pyridine rings is 1. The van der Waals surface area contributed by atoms with E-state index in [0.717, 1.165) is 12.3 Å². The molecule has 0 spiro atoms. The zero-order chi connectivity index (χ0) is 13.8. The Morgan fingerprint density at radius 1 is 1.44 bits per heavy atom. The molecule has 1 aromatic rings. The molecule has 1 heterocycles. The van der Waals surface area contributed by atoms with E-state index < -0.39 is 42.8 Å². The zero-order valence-electron chi connectivity index (χ0n) is 9.20. The number of H-pyrrole nitrogens is 1. The van der Waals surface area contributed by atoms with Crippen LogP contribution >= 0.6 is 0 Å². The lowest BCUT2D eigenvalue weighted by Gasteiger charge is -2.22. The molecule has 0 aliphatic rings. The number of hydrogen-bond acceptors (Lipinski definition) is 3. The van der Waals surface area contributed by atoms with Gasteiger partial charge in [-0.2, -0.15) is 13.2 Å². The number of aliphatic hydroxyl groups is 1. The van der Waals surface area contributed by atoms with Gasteiger partial charge in [0.2, 0.25) is 0 Å². The highest BCUT2D eigenvalue weighted by atomic mass is 19.4. The van der Waals surface area contributed by atoms with Crippen molar-refractivity contribution in [3.05, 3.63) is 34.2 Å². The lowest BCUT2D eigenvalue weighted by molar-refractivity contribution is -0.141. The molecule has 18 heavy (non-hydrogen) atoms. The summed E-state index contributed by atoms with van der Waals surface area (Å²) in [7, 11) is 0. The monoisotopic (exact) mass is 264 g/mol. The van der Waals surface area contributed by atoms with Gasteiger partial charge in [0.25, 0.3) is 5.91 Å². The van der Waals surface area contributed by atoms with Crippen molar-refractivity contribution < 1.29 is 23.1 Å². The fourth-order valence-corrected chi connectivity index (χ4v) is 1.34. The van der Waals surface area contributed by atoms with Crippen molar-refractivity contribution in [2.24, 2.45) is 0 Å². The molecule has 0 fully saturated rings. The zero-order valence-corrected chi connectivity index (χ0v) is 9.20. The van der Waals surface area contributed by atoms with E-state index in [-0.39, 0.29) is 0 Å². The predicted octanol–water partition coefficient (Wildman–Crippen LogP) is 0.372. The van der Waals surface area contributed by atoms with Crippen molar-refractivity contribution in [1.29, 1.82) is 0 Å². The number of aromatic amines is 1. The van der Waals surface area contributed by atoms with Gasteiger partial charge >= 0.3 is 6.18 Å². The summed E-state index contributed by atoms with van der Waals surface area (Å²) < 4.78 is 36.7. The minimum Gasteiger partial charge on any atom is -0.395 e. The normalized spacial score (nSPS) is 11.3. The second-order valence-corrected chi connectivity index (χ2v) is 3.49. The Morgan fingerprint density at radius 3 is 2.61 bits per heavy atom. The highest BCUT2D eigenvalue weighted by Gasteiger charge is 2.33. The summed E-state index contributed by atoms with van der Waals surface area (Å²) in [5, 5.41) is 8.65. The van der Waals surface area contributed by atoms with Crippen LogP contribution in [-0.2, 0) is 0 Å². The molecule has 2 N–H and O–H groups in total. The Labute approximate surface area is 99.8 Å². The van der Waals surface area contributed by atoms with Crippen LogP contribution < -0.4 is 5.43 Å². The Kier molecular flexibility index (Phi) is 4.49. The van der Waals surface area contributed by atoms with Gasteiger partial charge in [-0.25, -0.2) is 0 Å². The van der Waals surface area contributed by atoms with E-state index in [4.69, 9.17) is 5.11 Å². The van der Waals surface area contributed by atoms with E-state index in [1.54, 1.807) is 0 Å². The molecule has 0 aliphatic heterocycles. The van der Waals surface area contributed by atoms with Crippen LogP contribution in [0.1, 0.15) is 10.4 Å². The molecule has 0 unspecified atom stereocenters. The van der Waals surface area contributed by atoms with Gasteiger partial charge in [-0.15, -0.1) is 0 Å². The smallest absolute Gasteiger partial charge is 0.395 e. The number of aliphatic hydroxyl groups excluding tert-OH is 1. The predicted molar refractivity (Wildman–Crippen MR) is 56.1 cm³/mol. The van der Waals surface area contributed by atoms with E-state index in [1.807, 2.05) is 0 Å². The first-order valence-electron chi connectivity index (χ1n) is 4.99. The molecule has 1 amide bonds. The van der Waals surface area contributed by atoms with Gasteiger partial charge in [-0.1, -0.05) is 0 Å². The first-order valence-corrected chi connectivity index (χ1v) is 4.99. The summed E-state index contributed by atoms with van der Waals surface area (Å²) in [4.78, 5) is 25.9. The summed E-state index contributed by atoms with van der Waals surface area (Å²) in [6.07, 6.45) is -2.29. The van der Waals surface area contributed by atoms with E-state index in [0.29, 0.717) is 4.90 Å². The molecule has 1 rings (SSSR count). The summed E-state index contributed by atoms with van der Waals surface area (Å²) in [5.74, 6) is -1.07. The molecule has 5 nitrogen and oxygen atoms in total. The molecule has 0 bridgehead atoms. The Morgan fingerprint density at radius 2 is 2.11 bits per heavy atom. The minimum atomic E-state index is -4.59. The number of carbonyl (C=O) groups excluding carboxylic acids is 1. The van der Waals surface area contributed by atoms with Gasteiger partial charge in [-0.05, 0) is 0 Å². The third-order valence-corrected chi connectivity index (χ3v) is 2.08. The van der Waals surface area contributed by atoms with Gasteiger partial charge in [0, 0.05) is 25.0 Å². The quantitative estimate of drug-likeness (QED) is 0.825. The molecule has 100 valence electrons. The van der Waals surface area contributed by atoms with Crippen LogP contribution in [0.3, 0.4) is 0 Å². The van der Waals surface area contributed by atoms with Crippen molar-refractivity contribution in [1.82, 2.24) is 9.88 Å². The van der Waals surface area contributed by atoms with Crippen LogP contribution in [0, 0.1) is 0 Å². The molecule has 0 saturated carbocycles. The van der Waals surface area contributed by atoms with Crippen LogP contribution in [0.2, 0.25) is 0 Å². The second-order valence-electron chi connectivity index (χ2n) is 3.49. The molecule has 0 saturated heterocycles. The van der Waals surface area contributed by atoms with E-state index >= 15 is 0 Å². The van der Waals surface area contributed by atoms with Gasteiger partial charge in [0.05, 0.1) is 6.61 Å². The van der Waals surface area contributed by atoms with Crippen molar-refractivity contribution >= 4 is 5.91 Å². The Hall–Kier alpha value is -1.83. The molecule has 0 radical (unpaired) electrons. The summed E-state index contributed by atoms with van der Waals surface area (Å²) in [5.41, 5.74) is -1.07. The number of hydrogen-bond donors (Lipinski definition) is 2. The van der Waals surface area contributed by atoms with Gasteiger partial charge in [-0.3, -0.25) is 9.59 Å². The standard InChI is InChI=1S/C10H11F3N2O3/c11-10(12,13)6-15(3-4-16)9(18)7-5-14-2-1-8(7)17/h1-2,5,16H,3-4,6H2,(H,14,17). The van der Waals surface area contributed by atoms with Crippen molar-refractivity contribution in [2.45, 2.75) is 6.18 Å².